The van der Waals surface area contributed by atoms with Gasteiger partial charge in [-0.2, -0.15) is 0 Å². The van der Waals surface area contributed by atoms with Gasteiger partial charge in [-0.1, -0.05) is 38.4 Å². The highest BCUT2D eigenvalue weighted by atomic mass is 35.5. The summed E-state index contributed by atoms with van der Waals surface area (Å²) in [5.74, 6) is -0.927. The molecule has 3 nitrogen and oxygen atoms in total. The zero-order valence-corrected chi connectivity index (χ0v) is 13.0. The first-order chi connectivity index (χ1) is 9.77. The third kappa shape index (κ3) is 2.32. The maximum atomic E-state index is 11.5. The first-order valence-electron chi connectivity index (χ1n) is 6.84. The average molecular weight is 302 g/mol. The van der Waals surface area contributed by atoms with Crippen LogP contribution in [-0.4, -0.2) is 16.1 Å². The molecule has 0 fully saturated rings. The highest BCUT2D eigenvalue weighted by molar-refractivity contribution is 6.30. The molecule has 0 amide bonds. The van der Waals surface area contributed by atoms with Gasteiger partial charge in [-0.05, 0) is 29.3 Å². The van der Waals surface area contributed by atoms with E-state index < -0.39 is 5.97 Å². The minimum Gasteiger partial charge on any atom is -0.478 e. The van der Waals surface area contributed by atoms with Crippen LogP contribution in [0.2, 0.25) is 5.02 Å². The number of pyridine rings is 1. The van der Waals surface area contributed by atoms with Crippen molar-refractivity contribution in [2.45, 2.75) is 32.6 Å². The van der Waals surface area contributed by atoms with Gasteiger partial charge in [0.15, 0.2) is 0 Å². The summed E-state index contributed by atoms with van der Waals surface area (Å²) in [5, 5.41) is 10.2. The third-order valence-electron chi connectivity index (χ3n) is 3.75. The fraction of sp³-hybridized carbons (Fsp3) is 0.294. The van der Waals surface area contributed by atoms with Gasteiger partial charge < -0.3 is 5.11 Å². The van der Waals surface area contributed by atoms with Gasteiger partial charge in [-0.3, -0.25) is 4.98 Å². The number of carbonyl (C=O) groups is 1. The minimum absolute atomic E-state index is 0.292. The van der Waals surface area contributed by atoms with Crippen molar-refractivity contribution in [2.75, 3.05) is 0 Å². The molecule has 1 aliphatic rings. The molecule has 1 aromatic carbocycles. The van der Waals surface area contributed by atoms with Crippen molar-refractivity contribution in [1.29, 1.82) is 0 Å². The molecule has 0 saturated carbocycles. The Hall–Kier alpha value is -1.87. The van der Waals surface area contributed by atoms with Crippen LogP contribution in [-0.2, 0) is 11.8 Å². The Kier molecular flexibility index (Phi) is 3.06. The molecule has 4 heteroatoms. The molecule has 1 aliphatic carbocycles. The Labute approximate surface area is 128 Å². The Balaban J connectivity index is 2.26. The number of halogens is 1. The molecular formula is C17H16ClNO2. The normalized spacial score (nSPS) is 13.0. The van der Waals surface area contributed by atoms with Gasteiger partial charge in [0.2, 0.25) is 0 Å². The topological polar surface area (TPSA) is 50.2 Å². The minimum atomic E-state index is -0.927. The molecule has 0 radical (unpaired) electrons. The molecule has 21 heavy (non-hydrogen) atoms. The van der Waals surface area contributed by atoms with Gasteiger partial charge >= 0.3 is 5.97 Å². The lowest BCUT2D eigenvalue weighted by molar-refractivity contribution is 0.0693. The van der Waals surface area contributed by atoms with Crippen molar-refractivity contribution in [3.8, 4) is 11.3 Å². The van der Waals surface area contributed by atoms with Crippen LogP contribution < -0.4 is 0 Å². The van der Waals surface area contributed by atoms with Crippen molar-refractivity contribution in [2.24, 2.45) is 0 Å². The zero-order chi connectivity index (χ0) is 15.4. The van der Waals surface area contributed by atoms with E-state index in [0.29, 0.717) is 22.7 Å². The largest absolute Gasteiger partial charge is 0.478 e. The molecule has 3 rings (SSSR count). The summed E-state index contributed by atoms with van der Waals surface area (Å²) in [7, 11) is 0. The molecule has 0 spiro atoms. The van der Waals surface area contributed by atoms with E-state index in [9.17, 15) is 9.90 Å². The molecule has 0 bridgehead atoms. The zero-order valence-electron chi connectivity index (χ0n) is 12.2. The Morgan fingerprint density at radius 3 is 2.57 bits per heavy atom. The van der Waals surface area contributed by atoms with Crippen LogP contribution in [0.15, 0.2) is 24.3 Å². The number of aromatic nitrogens is 1. The Morgan fingerprint density at radius 2 is 1.95 bits per heavy atom. The van der Waals surface area contributed by atoms with E-state index in [0.717, 1.165) is 22.4 Å². The van der Waals surface area contributed by atoms with Crippen molar-refractivity contribution in [1.82, 2.24) is 4.98 Å². The lowest BCUT2D eigenvalue weighted by atomic mass is 9.87. The number of benzene rings is 1. The number of fused-ring (bicyclic) bond motifs is 3. The van der Waals surface area contributed by atoms with Gasteiger partial charge in [-0.15, -0.1) is 0 Å². The van der Waals surface area contributed by atoms with Gasteiger partial charge in [0.1, 0.15) is 0 Å². The second kappa shape index (κ2) is 4.57. The van der Waals surface area contributed by atoms with E-state index in [1.807, 2.05) is 39.0 Å². The number of hydrogen-bond acceptors (Lipinski definition) is 2. The molecule has 0 atom stereocenters. The summed E-state index contributed by atoms with van der Waals surface area (Å²) < 4.78 is 0. The Bertz CT molecular complexity index is 760. The van der Waals surface area contributed by atoms with Crippen LogP contribution >= 0.6 is 11.6 Å². The van der Waals surface area contributed by atoms with E-state index in [-0.39, 0.29) is 5.41 Å². The van der Waals surface area contributed by atoms with Gasteiger partial charge in [-0.25, -0.2) is 4.79 Å². The van der Waals surface area contributed by atoms with Crippen LogP contribution in [0.3, 0.4) is 0 Å². The molecule has 0 aliphatic heterocycles. The van der Waals surface area contributed by atoms with Gasteiger partial charge in [0.25, 0.3) is 0 Å². The van der Waals surface area contributed by atoms with E-state index in [1.165, 1.54) is 0 Å². The smallest absolute Gasteiger partial charge is 0.337 e. The number of hydrogen-bond donors (Lipinski definition) is 1. The van der Waals surface area contributed by atoms with Crippen LogP contribution in [0.5, 0.6) is 0 Å². The summed E-state index contributed by atoms with van der Waals surface area (Å²) in [5.41, 5.74) is 4.59. The summed E-state index contributed by atoms with van der Waals surface area (Å²) in [6.45, 7) is 5.93. The predicted octanol–water partition coefficient (Wildman–Crippen LogP) is 4.30. The van der Waals surface area contributed by atoms with E-state index in [4.69, 9.17) is 16.6 Å². The first-order valence-corrected chi connectivity index (χ1v) is 7.21. The number of nitrogens with zero attached hydrogens (tertiary/aromatic N) is 1. The summed E-state index contributed by atoms with van der Waals surface area (Å²) in [6.07, 6.45) is 0.683. The van der Waals surface area contributed by atoms with Crippen molar-refractivity contribution in [3.05, 3.63) is 51.7 Å². The van der Waals surface area contributed by atoms with E-state index in [1.54, 1.807) is 6.07 Å². The van der Waals surface area contributed by atoms with Gasteiger partial charge in [0.05, 0.1) is 17.0 Å². The monoisotopic (exact) mass is 301 g/mol. The molecule has 1 N–H and O–H groups in total. The highest BCUT2D eigenvalue weighted by Crippen LogP contribution is 2.39. The summed E-state index contributed by atoms with van der Waals surface area (Å²) in [4.78, 5) is 16.2. The standard InChI is InChI=1S/C17H16ClNO2/c1-17(2,3)15-13(16(20)21)8-10-6-9-7-11(18)4-5-12(9)14(10)19-15/h4-5,7-8H,6H2,1-3H3,(H,20,21). The molecule has 0 saturated heterocycles. The fourth-order valence-electron chi connectivity index (χ4n) is 2.80. The van der Waals surface area contributed by atoms with Crippen LogP contribution in [0.25, 0.3) is 11.3 Å². The highest BCUT2D eigenvalue weighted by Gasteiger charge is 2.29. The molecule has 0 unspecified atom stereocenters. The maximum absolute atomic E-state index is 11.5. The second-order valence-electron chi connectivity index (χ2n) is 6.43. The predicted molar refractivity (Wildman–Crippen MR) is 83.1 cm³/mol. The average Bonchev–Trinajstić information content (AvgIpc) is 2.72. The SMILES string of the molecule is CC(C)(C)c1nc2c(cc1C(=O)O)Cc1cc(Cl)ccc1-2. The molecule has 2 aromatic rings. The molecule has 1 heterocycles. The number of aromatic carboxylic acids is 1. The third-order valence-corrected chi connectivity index (χ3v) is 3.98. The second-order valence-corrected chi connectivity index (χ2v) is 6.86. The summed E-state index contributed by atoms with van der Waals surface area (Å²) >= 11 is 6.04. The molecule has 108 valence electrons. The van der Waals surface area contributed by atoms with Crippen molar-refractivity contribution in [3.63, 3.8) is 0 Å². The number of rotatable bonds is 1. The summed E-state index contributed by atoms with van der Waals surface area (Å²) in [6, 6.07) is 7.50. The van der Waals surface area contributed by atoms with Gasteiger partial charge in [0, 0.05) is 22.4 Å². The maximum Gasteiger partial charge on any atom is 0.337 e. The fourth-order valence-corrected chi connectivity index (χ4v) is 3.00. The van der Waals surface area contributed by atoms with Crippen LogP contribution in [0.4, 0.5) is 0 Å². The number of carboxylic acids is 1. The van der Waals surface area contributed by atoms with Crippen LogP contribution in [0.1, 0.15) is 48.0 Å². The van der Waals surface area contributed by atoms with E-state index >= 15 is 0 Å². The molecular weight excluding hydrogens is 286 g/mol. The van der Waals surface area contributed by atoms with Crippen LogP contribution in [0, 0.1) is 0 Å². The van der Waals surface area contributed by atoms with Crippen molar-refractivity contribution < 1.29 is 9.90 Å². The quantitative estimate of drug-likeness (QED) is 0.729. The first kappa shape index (κ1) is 14.1. The van der Waals surface area contributed by atoms with Crippen molar-refractivity contribution >= 4 is 17.6 Å². The molecule has 1 aromatic heterocycles. The Morgan fingerprint density at radius 1 is 1.24 bits per heavy atom. The van der Waals surface area contributed by atoms with E-state index in [2.05, 4.69) is 0 Å². The lowest BCUT2D eigenvalue weighted by Gasteiger charge is -2.21. The lowest BCUT2D eigenvalue weighted by Crippen LogP contribution is -2.20. The number of carboxylic acid groups (broad SMARTS) is 1.